The third-order valence-corrected chi connectivity index (χ3v) is 3.33. The van der Waals surface area contributed by atoms with E-state index in [0.717, 1.165) is 9.58 Å². The molecule has 1 aromatic heterocycles. The molecule has 0 spiro atoms. The fourth-order valence-electron chi connectivity index (χ4n) is 2.30. The fraction of sp³-hybridized carbons (Fsp3) is 0.643. The van der Waals surface area contributed by atoms with Crippen molar-refractivity contribution in [2.75, 3.05) is 11.4 Å². The lowest BCUT2D eigenvalue weighted by Crippen LogP contribution is -2.36. The van der Waals surface area contributed by atoms with Crippen molar-refractivity contribution in [1.82, 2.24) is 9.78 Å². The number of halogens is 2. The van der Waals surface area contributed by atoms with E-state index in [1.165, 1.54) is 6.92 Å². The van der Waals surface area contributed by atoms with E-state index in [1.807, 2.05) is 0 Å². The van der Waals surface area contributed by atoms with Crippen molar-refractivity contribution < 1.29 is 28.2 Å². The number of hydrogen-bond acceptors (Lipinski definition) is 4. The molecule has 0 bridgehead atoms. The highest BCUT2D eigenvalue weighted by Gasteiger charge is 2.44. The number of rotatable bonds is 3. The van der Waals surface area contributed by atoms with Crippen molar-refractivity contribution in [3.8, 4) is 0 Å². The topological polar surface area (TPSA) is 84.7 Å². The van der Waals surface area contributed by atoms with Crippen LogP contribution in [0.25, 0.3) is 0 Å². The Morgan fingerprint density at radius 1 is 1.30 bits per heavy atom. The van der Waals surface area contributed by atoms with Crippen LogP contribution in [0.1, 0.15) is 50.2 Å². The maximum absolute atomic E-state index is 14.0. The van der Waals surface area contributed by atoms with Crippen LogP contribution in [0.3, 0.4) is 0 Å². The van der Waals surface area contributed by atoms with Gasteiger partial charge in [0.25, 0.3) is 5.92 Å². The standard InChI is InChI=1S/C14H19F2N3O4/c1-5-14(15,16)9-8(11(20)21)10-18(6-7-19(10)17-9)12(22)23-13(2,3)4/h5-7H2,1-4H3,(H,20,21). The van der Waals surface area contributed by atoms with Crippen molar-refractivity contribution in [3.63, 3.8) is 0 Å². The minimum atomic E-state index is -3.38. The van der Waals surface area contributed by atoms with Crippen LogP contribution in [0, 0.1) is 0 Å². The highest BCUT2D eigenvalue weighted by atomic mass is 19.3. The molecule has 9 heteroatoms. The number of carboxylic acids is 1. The Labute approximate surface area is 131 Å². The maximum Gasteiger partial charge on any atom is 0.416 e. The second-order valence-electron chi connectivity index (χ2n) is 6.27. The van der Waals surface area contributed by atoms with Gasteiger partial charge in [0.15, 0.2) is 5.82 Å². The molecular formula is C14H19F2N3O4. The zero-order valence-electron chi connectivity index (χ0n) is 13.4. The molecule has 0 aromatic carbocycles. The second-order valence-corrected chi connectivity index (χ2v) is 6.27. The minimum Gasteiger partial charge on any atom is -0.477 e. The van der Waals surface area contributed by atoms with Crippen LogP contribution in [0.4, 0.5) is 19.4 Å². The number of ether oxygens (including phenoxy) is 1. The third kappa shape index (κ3) is 3.13. The Hall–Kier alpha value is -2.19. The van der Waals surface area contributed by atoms with Crippen LogP contribution >= 0.6 is 0 Å². The predicted molar refractivity (Wildman–Crippen MR) is 77.0 cm³/mol. The van der Waals surface area contributed by atoms with Crippen LogP contribution in [-0.2, 0) is 17.2 Å². The van der Waals surface area contributed by atoms with Gasteiger partial charge in [-0.15, -0.1) is 0 Å². The summed E-state index contributed by atoms with van der Waals surface area (Å²) >= 11 is 0. The summed E-state index contributed by atoms with van der Waals surface area (Å²) in [4.78, 5) is 24.7. The lowest BCUT2D eigenvalue weighted by molar-refractivity contribution is -0.0147. The van der Waals surface area contributed by atoms with Crippen molar-refractivity contribution in [3.05, 3.63) is 11.3 Å². The normalized spacial score (nSPS) is 14.8. The second kappa shape index (κ2) is 5.47. The average Bonchev–Trinajstić information content (AvgIpc) is 2.94. The summed E-state index contributed by atoms with van der Waals surface area (Å²) in [5.41, 5.74) is -2.26. The first kappa shape index (κ1) is 17.2. The molecule has 128 valence electrons. The molecule has 7 nitrogen and oxygen atoms in total. The molecule has 0 aliphatic carbocycles. The van der Waals surface area contributed by atoms with Crippen LogP contribution in [0.15, 0.2) is 0 Å². The van der Waals surface area contributed by atoms with E-state index in [9.17, 15) is 23.5 Å². The Morgan fingerprint density at radius 2 is 1.91 bits per heavy atom. The number of carbonyl (C=O) groups excluding carboxylic acids is 1. The molecule has 0 saturated carbocycles. The predicted octanol–water partition coefficient (Wildman–Crippen LogP) is 2.84. The molecule has 1 amide bonds. The van der Waals surface area contributed by atoms with E-state index in [1.54, 1.807) is 20.8 Å². The van der Waals surface area contributed by atoms with Crippen LogP contribution in [0.2, 0.25) is 0 Å². The van der Waals surface area contributed by atoms with E-state index in [0.29, 0.717) is 0 Å². The van der Waals surface area contributed by atoms with Gasteiger partial charge in [-0.1, -0.05) is 6.92 Å². The Balaban J connectivity index is 2.50. The van der Waals surface area contributed by atoms with Crippen molar-refractivity contribution in [2.24, 2.45) is 0 Å². The number of aromatic nitrogens is 2. The molecule has 1 aromatic rings. The van der Waals surface area contributed by atoms with Gasteiger partial charge in [-0.2, -0.15) is 13.9 Å². The molecule has 0 fully saturated rings. The minimum absolute atomic E-state index is 0.121. The molecule has 2 rings (SSSR count). The molecule has 0 atom stereocenters. The van der Waals surface area contributed by atoms with Gasteiger partial charge in [0.1, 0.15) is 16.9 Å². The third-order valence-electron chi connectivity index (χ3n) is 3.33. The van der Waals surface area contributed by atoms with E-state index < -0.39 is 41.3 Å². The van der Waals surface area contributed by atoms with Gasteiger partial charge < -0.3 is 9.84 Å². The molecule has 0 unspecified atom stereocenters. The number of carbonyl (C=O) groups is 2. The van der Waals surface area contributed by atoms with Crippen LogP contribution < -0.4 is 4.90 Å². The smallest absolute Gasteiger partial charge is 0.416 e. The molecule has 1 N–H and O–H groups in total. The maximum atomic E-state index is 14.0. The Kier molecular flexibility index (Phi) is 4.08. The summed E-state index contributed by atoms with van der Waals surface area (Å²) in [5.74, 6) is -5.09. The van der Waals surface area contributed by atoms with Crippen molar-refractivity contribution >= 4 is 17.9 Å². The van der Waals surface area contributed by atoms with E-state index >= 15 is 0 Å². The molecule has 0 saturated heterocycles. The largest absolute Gasteiger partial charge is 0.477 e. The monoisotopic (exact) mass is 331 g/mol. The summed E-state index contributed by atoms with van der Waals surface area (Å²) < 4.78 is 34.3. The summed E-state index contributed by atoms with van der Waals surface area (Å²) in [7, 11) is 0. The highest BCUT2D eigenvalue weighted by Crippen LogP contribution is 2.39. The number of hydrogen-bond donors (Lipinski definition) is 1. The number of fused-ring (bicyclic) bond motifs is 1. The van der Waals surface area contributed by atoms with E-state index in [-0.39, 0.29) is 18.9 Å². The van der Waals surface area contributed by atoms with Gasteiger partial charge in [-0.05, 0) is 20.8 Å². The Morgan fingerprint density at radius 3 is 2.39 bits per heavy atom. The first-order chi connectivity index (χ1) is 10.5. The zero-order chi connectivity index (χ0) is 17.6. The number of amides is 1. The molecule has 0 radical (unpaired) electrons. The molecule has 1 aliphatic heterocycles. The van der Waals surface area contributed by atoms with Gasteiger partial charge in [-0.3, -0.25) is 4.90 Å². The average molecular weight is 331 g/mol. The van der Waals surface area contributed by atoms with Gasteiger partial charge in [-0.25, -0.2) is 14.3 Å². The van der Waals surface area contributed by atoms with Crippen LogP contribution in [-0.4, -0.2) is 39.1 Å². The molecule has 23 heavy (non-hydrogen) atoms. The lowest BCUT2D eigenvalue weighted by atomic mass is 10.1. The Bertz CT molecular complexity index is 649. The van der Waals surface area contributed by atoms with Gasteiger partial charge in [0.05, 0.1) is 13.1 Å². The number of anilines is 1. The molecule has 1 aliphatic rings. The van der Waals surface area contributed by atoms with Crippen molar-refractivity contribution in [1.29, 1.82) is 0 Å². The summed E-state index contributed by atoms with van der Waals surface area (Å²) in [6, 6.07) is 0. The number of aromatic carboxylic acids is 1. The van der Waals surface area contributed by atoms with Gasteiger partial charge >= 0.3 is 12.1 Å². The highest BCUT2D eigenvalue weighted by molar-refractivity contribution is 6.00. The number of alkyl halides is 2. The van der Waals surface area contributed by atoms with Crippen LogP contribution in [0.5, 0.6) is 0 Å². The zero-order valence-corrected chi connectivity index (χ0v) is 13.4. The molecular weight excluding hydrogens is 312 g/mol. The van der Waals surface area contributed by atoms with Gasteiger partial charge in [0.2, 0.25) is 0 Å². The number of nitrogens with zero attached hydrogens (tertiary/aromatic N) is 3. The molecule has 2 heterocycles. The number of carboxylic acid groups (broad SMARTS) is 1. The SMILES string of the molecule is CCC(F)(F)c1nn2c(c1C(=O)O)N(C(=O)OC(C)(C)C)CC2. The first-order valence-electron chi connectivity index (χ1n) is 7.21. The summed E-state index contributed by atoms with van der Waals surface area (Å²) in [6.07, 6.45) is -1.37. The summed E-state index contributed by atoms with van der Waals surface area (Å²) in [5, 5.41) is 13.1. The summed E-state index contributed by atoms with van der Waals surface area (Å²) in [6.45, 7) is 6.47. The quantitative estimate of drug-likeness (QED) is 0.920. The van der Waals surface area contributed by atoms with Gasteiger partial charge in [0, 0.05) is 6.42 Å². The van der Waals surface area contributed by atoms with Crippen molar-refractivity contribution in [2.45, 2.75) is 52.2 Å². The fourth-order valence-corrected chi connectivity index (χ4v) is 2.30. The van der Waals surface area contributed by atoms with E-state index in [4.69, 9.17) is 4.74 Å². The van der Waals surface area contributed by atoms with E-state index in [2.05, 4.69) is 5.10 Å². The first-order valence-corrected chi connectivity index (χ1v) is 7.21. The lowest BCUT2D eigenvalue weighted by Gasteiger charge is -2.24.